The minimum Gasteiger partial charge on any atom is -0.377 e. The highest BCUT2D eigenvalue weighted by molar-refractivity contribution is 5.89. The standard InChI is InChI=1S/C24H38O2/c1-14(2)16-7-9-22(4)13-26-21(20(16)22)18-12-19(25)23(5)10-8-17-15(3)6-11-24(17,18)23/h14-18,20-21H,6-13H2,1-5H3/t15-,16+,17+,18+,20+,21+,22-,23+,24-/m1/s1. The van der Waals surface area contributed by atoms with E-state index in [0.29, 0.717) is 29.1 Å². The van der Waals surface area contributed by atoms with Crippen molar-refractivity contribution in [2.45, 2.75) is 85.7 Å². The van der Waals surface area contributed by atoms with Crippen molar-refractivity contribution in [3.8, 4) is 0 Å². The predicted octanol–water partition coefficient (Wildman–Crippen LogP) is 5.50. The lowest BCUT2D eigenvalue weighted by Crippen LogP contribution is -2.46. The summed E-state index contributed by atoms with van der Waals surface area (Å²) in [5, 5.41) is 0. The van der Waals surface area contributed by atoms with Crippen molar-refractivity contribution in [2.24, 2.45) is 51.8 Å². The highest BCUT2D eigenvalue weighted by Crippen LogP contribution is 2.75. The van der Waals surface area contributed by atoms with Crippen LogP contribution in [0.25, 0.3) is 0 Å². The summed E-state index contributed by atoms with van der Waals surface area (Å²) < 4.78 is 6.67. The largest absolute Gasteiger partial charge is 0.377 e. The summed E-state index contributed by atoms with van der Waals surface area (Å²) in [6, 6.07) is 0. The normalized spacial score (nSPS) is 58.5. The Bertz CT molecular complexity index is 626. The molecule has 5 rings (SSSR count). The quantitative estimate of drug-likeness (QED) is 0.652. The van der Waals surface area contributed by atoms with Crippen LogP contribution in [-0.2, 0) is 9.53 Å². The van der Waals surface area contributed by atoms with Gasteiger partial charge in [0.2, 0.25) is 0 Å². The molecule has 0 aromatic heterocycles. The van der Waals surface area contributed by atoms with Gasteiger partial charge in [-0.1, -0.05) is 34.6 Å². The number of rotatable bonds is 2. The lowest BCUT2D eigenvalue weighted by molar-refractivity contribution is -0.128. The van der Waals surface area contributed by atoms with Gasteiger partial charge in [0.15, 0.2) is 0 Å². The van der Waals surface area contributed by atoms with Crippen molar-refractivity contribution in [2.75, 3.05) is 6.61 Å². The maximum atomic E-state index is 13.3. The van der Waals surface area contributed by atoms with Crippen molar-refractivity contribution >= 4 is 5.78 Å². The summed E-state index contributed by atoms with van der Waals surface area (Å²) in [7, 11) is 0. The minimum atomic E-state index is -0.0542. The summed E-state index contributed by atoms with van der Waals surface area (Å²) in [6.07, 6.45) is 8.86. The van der Waals surface area contributed by atoms with Crippen molar-refractivity contribution in [3.63, 3.8) is 0 Å². The number of hydrogen-bond acceptors (Lipinski definition) is 2. The molecule has 5 fully saturated rings. The van der Waals surface area contributed by atoms with Gasteiger partial charge in [0.05, 0.1) is 12.7 Å². The first kappa shape index (κ1) is 17.7. The second-order valence-electron chi connectivity index (χ2n) is 11.7. The van der Waals surface area contributed by atoms with E-state index in [-0.39, 0.29) is 10.8 Å². The van der Waals surface area contributed by atoms with Crippen LogP contribution < -0.4 is 0 Å². The molecule has 0 aromatic carbocycles. The zero-order valence-electron chi connectivity index (χ0n) is 17.5. The fraction of sp³-hybridized carbons (Fsp3) is 0.958. The van der Waals surface area contributed by atoms with E-state index < -0.39 is 0 Å². The molecule has 1 heterocycles. The highest BCUT2D eigenvalue weighted by Gasteiger charge is 2.74. The number of ketones is 1. The first-order chi connectivity index (χ1) is 12.2. The van der Waals surface area contributed by atoms with E-state index in [9.17, 15) is 4.79 Å². The van der Waals surface area contributed by atoms with Crippen molar-refractivity contribution in [1.82, 2.24) is 0 Å². The maximum absolute atomic E-state index is 13.3. The van der Waals surface area contributed by atoms with E-state index in [2.05, 4.69) is 34.6 Å². The molecule has 1 aliphatic heterocycles. The van der Waals surface area contributed by atoms with E-state index in [4.69, 9.17) is 4.74 Å². The van der Waals surface area contributed by atoms with Crippen LogP contribution in [0.1, 0.15) is 79.6 Å². The smallest absolute Gasteiger partial charge is 0.139 e. The van der Waals surface area contributed by atoms with Crippen LogP contribution >= 0.6 is 0 Å². The van der Waals surface area contributed by atoms with E-state index in [1.54, 1.807) is 0 Å². The third-order valence-electron chi connectivity index (χ3n) is 10.6. The van der Waals surface area contributed by atoms with E-state index in [1.165, 1.54) is 32.1 Å². The maximum Gasteiger partial charge on any atom is 0.139 e. The molecule has 0 radical (unpaired) electrons. The first-order valence-corrected chi connectivity index (χ1v) is 11.4. The molecule has 0 amide bonds. The van der Waals surface area contributed by atoms with Crippen LogP contribution in [0, 0.1) is 51.8 Å². The molecule has 1 spiro atoms. The lowest BCUT2D eigenvalue weighted by Gasteiger charge is -2.46. The summed E-state index contributed by atoms with van der Waals surface area (Å²) in [5.74, 6) is 4.81. The molecule has 0 aromatic rings. The molecule has 5 aliphatic rings. The number of carbonyl (C=O) groups excluding carboxylic acids is 1. The molecule has 146 valence electrons. The number of hydrogen-bond donors (Lipinski definition) is 0. The van der Waals surface area contributed by atoms with Gasteiger partial charge in [0, 0.05) is 11.8 Å². The van der Waals surface area contributed by atoms with Crippen LogP contribution in [0.15, 0.2) is 0 Å². The average molecular weight is 359 g/mol. The van der Waals surface area contributed by atoms with Gasteiger partial charge >= 0.3 is 0 Å². The van der Waals surface area contributed by atoms with Crippen LogP contribution in [0.5, 0.6) is 0 Å². The molecule has 2 nitrogen and oxygen atoms in total. The summed E-state index contributed by atoms with van der Waals surface area (Å²) in [4.78, 5) is 13.3. The molecular weight excluding hydrogens is 320 g/mol. The Morgan fingerprint density at radius 2 is 1.81 bits per heavy atom. The summed E-state index contributed by atoms with van der Waals surface area (Å²) >= 11 is 0. The Hall–Kier alpha value is -0.370. The van der Waals surface area contributed by atoms with Crippen LogP contribution in [0.3, 0.4) is 0 Å². The summed E-state index contributed by atoms with van der Waals surface area (Å²) in [5.41, 5.74) is 0.557. The van der Waals surface area contributed by atoms with Crippen molar-refractivity contribution in [1.29, 1.82) is 0 Å². The Kier molecular flexibility index (Phi) is 3.65. The van der Waals surface area contributed by atoms with Gasteiger partial charge in [-0.25, -0.2) is 0 Å². The van der Waals surface area contributed by atoms with Gasteiger partial charge in [-0.3, -0.25) is 4.79 Å². The topological polar surface area (TPSA) is 26.3 Å². The van der Waals surface area contributed by atoms with Gasteiger partial charge in [0.1, 0.15) is 5.78 Å². The number of carbonyl (C=O) groups is 1. The van der Waals surface area contributed by atoms with Gasteiger partial charge in [0.25, 0.3) is 0 Å². The number of fused-ring (bicyclic) bond motifs is 1. The summed E-state index contributed by atoms with van der Waals surface area (Å²) in [6.45, 7) is 13.0. The van der Waals surface area contributed by atoms with Gasteiger partial charge in [-0.05, 0) is 84.9 Å². The monoisotopic (exact) mass is 358 g/mol. The second kappa shape index (κ2) is 5.37. The minimum absolute atomic E-state index is 0.0542. The van der Waals surface area contributed by atoms with E-state index >= 15 is 0 Å². The third kappa shape index (κ3) is 1.86. The van der Waals surface area contributed by atoms with Gasteiger partial charge in [-0.2, -0.15) is 0 Å². The molecular formula is C24H38O2. The van der Waals surface area contributed by atoms with Crippen molar-refractivity contribution < 1.29 is 9.53 Å². The fourth-order valence-electron chi connectivity index (χ4n) is 9.22. The highest BCUT2D eigenvalue weighted by atomic mass is 16.5. The molecule has 4 saturated carbocycles. The molecule has 1 saturated heterocycles. The third-order valence-corrected chi connectivity index (χ3v) is 10.6. The molecule has 0 N–H and O–H groups in total. The van der Waals surface area contributed by atoms with Gasteiger partial charge in [-0.15, -0.1) is 0 Å². The second-order valence-corrected chi connectivity index (χ2v) is 11.7. The molecule has 9 atom stereocenters. The van der Waals surface area contributed by atoms with Gasteiger partial charge < -0.3 is 4.74 Å². The van der Waals surface area contributed by atoms with E-state index in [1.807, 2.05) is 0 Å². The Labute approximate surface area is 159 Å². The predicted molar refractivity (Wildman–Crippen MR) is 104 cm³/mol. The molecule has 4 aliphatic carbocycles. The Balaban J connectivity index is 1.57. The molecule has 26 heavy (non-hydrogen) atoms. The lowest BCUT2D eigenvalue weighted by atomic mass is 9.58. The Morgan fingerprint density at radius 1 is 1.04 bits per heavy atom. The molecule has 0 unspecified atom stereocenters. The first-order valence-electron chi connectivity index (χ1n) is 11.4. The molecule has 2 heteroatoms. The Morgan fingerprint density at radius 3 is 2.54 bits per heavy atom. The number of ether oxygens (including phenoxy) is 1. The number of Topliss-reactive ketones (excluding diaryl/α,β-unsaturated/α-hetero) is 1. The van der Waals surface area contributed by atoms with Crippen molar-refractivity contribution in [3.05, 3.63) is 0 Å². The zero-order chi connectivity index (χ0) is 18.5. The molecule has 0 bridgehead atoms. The SMILES string of the molecule is CC(C)[C@@H]1CC[C@]2(C)CO[C@@H]([C@@H]3CC(=O)[C@]4(C)CC[C@H]5[C@H](C)CC[C@]354)[C@H]12. The van der Waals surface area contributed by atoms with Crippen LogP contribution in [0.2, 0.25) is 0 Å². The fourth-order valence-corrected chi connectivity index (χ4v) is 9.22. The van der Waals surface area contributed by atoms with Crippen LogP contribution in [0.4, 0.5) is 0 Å². The average Bonchev–Trinajstić information content (AvgIpc) is 3.29. The van der Waals surface area contributed by atoms with Crippen LogP contribution in [-0.4, -0.2) is 18.5 Å². The zero-order valence-corrected chi connectivity index (χ0v) is 17.5. The van der Waals surface area contributed by atoms with E-state index in [0.717, 1.165) is 43.1 Å².